The molecule has 0 bridgehead atoms. The second-order valence-corrected chi connectivity index (χ2v) is 3.47. The number of nitrogens with zero attached hydrogens (tertiary/aromatic N) is 1. The lowest BCUT2D eigenvalue weighted by molar-refractivity contribution is 0.202. The molecule has 0 aliphatic rings. The van der Waals surface area contributed by atoms with Crippen molar-refractivity contribution >= 4 is 35.0 Å². The molecule has 1 rings (SSSR count). The SMILES string of the molecule is CCN(C(=O)O)c1ccc(Cl)cc1Cl. The van der Waals surface area contributed by atoms with Crippen molar-refractivity contribution in [3.05, 3.63) is 28.2 Å². The smallest absolute Gasteiger partial charge is 0.411 e. The molecule has 0 heterocycles. The Morgan fingerprint density at radius 2 is 2.14 bits per heavy atom. The van der Waals surface area contributed by atoms with Crippen LogP contribution in [0.3, 0.4) is 0 Å². The summed E-state index contributed by atoms with van der Waals surface area (Å²) in [6.07, 6.45) is -1.03. The minimum absolute atomic E-state index is 0.335. The summed E-state index contributed by atoms with van der Waals surface area (Å²) in [7, 11) is 0. The molecule has 0 unspecified atom stereocenters. The Kier molecular flexibility index (Phi) is 3.61. The van der Waals surface area contributed by atoms with Gasteiger partial charge in [0.2, 0.25) is 0 Å². The molecule has 0 saturated heterocycles. The zero-order valence-corrected chi connectivity index (χ0v) is 9.01. The maximum absolute atomic E-state index is 10.8. The molecule has 0 aliphatic heterocycles. The molecule has 1 aromatic rings. The largest absolute Gasteiger partial charge is 0.465 e. The van der Waals surface area contributed by atoms with Crippen LogP contribution in [-0.4, -0.2) is 17.7 Å². The Labute approximate surface area is 91.8 Å². The predicted octanol–water partition coefficient (Wildman–Crippen LogP) is 3.50. The summed E-state index contributed by atoms with van der Waals surface area (Å²) in [5.74, 6) is 0. The number of benzene rings is 1. The van der Waals surface area contributed by atoms with Crippen LogP contribution >= 0.6 is 23.2 Å². The number of amides is 1. The maximum Gasteiger partial charge on any atom is 0.411 e. The van der Waals surface area contributed by atoms with Gasteiger partial charge in [0.25, 0.3) is 0 Å². The van der Waals surface area contributed by atoms with Crippen molar-refractivity contribution in [2.45, 2.75) is 6.92 Å². The van der Waals surface area contributed by atoms with Crippen LogP contribution in [0.4, 0.5) is 10.5 Å². The number of hydrogen-bond donors (Lipinski definition) is 1. The molecule has 76 valence electrons. The molecule has 1 aromatic carbocycles. The standard InChI is InChI=1S/C9H9Cl2NO2/c1-2-12(9(13)14)8-4-3-6(10)5-7(8)11/h3-5H,2H2,1H3,(H,13,14). The Morgan fingerprint density at radius 3 is 2.57 bits per heavy atom. The Balaban J connectivity index is 3.10. The summed E-state index contributed by atoms with van der Waals surface area (Å²) in [5, 5.41) is 9.68. The fourth-order valence-corrected chi connectivity index (χ4v) is 1.62. The van der Waals surface area contributed by atoms with Crippen molar-refractivity contribution in [3.8, 4) is 0 Å². The van der Waals surface area contributed by atoms with E-state index in [-0.39, 0.29) is 0 Å². The summed E-state index contributed by atoms with van der Waals surface area (Å²) in [6, 6.07) is 4.71. The second kappa shape index (κ2) is 4.53. The first-order chi connectivity index (χ1) is 6.56. The highest BCUT2D eigenvalue weighted by atomic mass is 35.5. The van der Waals surface area contributed by atoms with Gasteiger partial charge in [0, 0.05) is 11.6 Å². The Morgan fingerprint density at radius 1 is 1.50 bits per heavy atom. The second-order valence-electron chi connectivity index (χ2n) is 2.62. The van der Waals surface area contributed by atoms with Crippen LogP contribution in [0.1, 0.15) is 6.92 Å². The average molecular weight is 234 g/mol. The minimum Gasteiger partial charge on any atom is -0.465 e. The monoisotopic (exact) mass is 233 g/mol. The molecule has 0 spiro atoms. The van der Waals surface area contributed by atoms with E-state index in [2.05, 4.69) is 0 Å². The molecular formula is C9H9Cl2NO2. The summed E-state index contributed by atoms with van der Waals surface area (Å²) in [5.41, 5.74) is 0.450. The predicted molar refractivity (Wildman–Crippen MR) is 57.5 cm³/mol. The van der Waals surface area contributed by atoms with Gasteiger partial charge in [-0.15, -0.1) is 0 Å². The molecule has 0 fully saturated rings. The minimum atomic E-state index is -1.03. The van der Waals surface area contributed by atoms with E-state index in [1.54, 1.807) is 19.1 Å². The van der Waals surface area contributed by atoms with Gasteiger partial charge in [-0.2, -0.15) is 0 Å². The van der Waals surface area contributed by atoms with Crippen molar-refractivity contribution in [1.82, 2.24) is 0 Å². The van der Waals surface area contributed by atoms with E-state index < -0.39 is 6.09 Å². The average Bonchev–Trinajstić information content (AvgIpc) is 2.09. The van der Waals surface area contributed by atoms with Crippen LogP contribution in [0.15, 0.2) is 18.2 Å². The van der Waals surface area contributed by atoms with Crippen molar-refractivity contribution < 1.29 is 9.90 Å². The lowest BCUT2D eigenvalue weighted by Gasteiger charge is -2.18. The number of halogens is 2. The van der Waals surface area contributed by atoms with Crippen LogP contribution in [0.2, 0.25) is 10.0 Å². The molecule has 0 saturated carbocycles. The van der Waals surface area contributed by atoms with Gasteiger partial charge < -0.3 is 5.11 Å². The molecule has 0 aliphatic carbocycles. The molecule has 0 atom stereocenters. The van der Waals surface area contributed by atoms with Crippen LogP contribution in [0, 0.1) is 0 Å². The first kappa shape index (κ1) is 11.1. The molecule has 14 heavy (non-hydrogen) atoms. The van der Waals surface area contributed by atoms with Gasteiger partial charge in [0.15, 0.2) is 0 Å². The number of rotatable bonds is 2. The zero-order valence-electron chi connectivity index (χ0n) is 7.50. The quantitative estimate of drug-likeness (QED) is 0.850. The third-order valence-electron chi connectivity index (χ3n) is 1.75. The van der Waals surface area contributed by atoms with E-state index in [0.29, 0.717) is 22.3 Å². The van der Waals surface area contributed by atoms with E-state index >= 15 is 0 Å². The van der Waals surface area contributed by atoms with E-state index in [4.69, 9.17) is 28.3 Å². The number of anilines is 1. The van der Waals surface area contributed by atoms with Crippen LogP contribution < -0.4 is 4.90 Å². The normalized spacial score (nSPS) is 9.93. The number of hydrogen-bond acceptors (Lipinski definition) is 1. The van der Waals surface area contributed by atoms with Gasteiger partial charge in [-0.1, -0.05) is 23.2 Å². The molecule has 0 aromatic heterocycles. The molecule has 1 N–H and O–H groups in total. The van der Waals surface area contributed by atoms with Crippen LogP contribution in [0.5, 0.6) is 0 Å². The highest BCUT2D eigenvalue weighted by molar-refractivity contribution is 6.36. The van der Waals surface area contributed by atoms with E-state index in [1.165, 1.54) is 6.07 Å². The fraction of sp³-hybridized carbons (Fsp3) is 0.222. The van der Waals surface area contributed by atoms with Gasteiger partial charge in [-0.25, -0.2) is 4.79 Å². The Bertz CT molecular complexity index is 355. The molecule has 3 nitrogen and oxygen atoms in total. The summed E-state index contributed by atoms with van der Waals surface area (Å²) >= 11 is 11.6. The molecular weight excluding hydrogens is 225 g/mol. The fourth-order valence-electron chi connectivity index (χ4n) is 1.11. The van der Waals surface area contributed by atoms with Gasteiger partial charge in [0.05, 0.1) is 10.7 Å². The van der Waals surface area contributed by atoms with Gasteiger partial charge in [-0.05, 0) is 25.1 Å². The first-order valence-electron chi connectivity index (χ1n) is 4.01. The van der Waals surface area contributed by atoms with Crippen molar-refractivity contribution in [3.63, 3.8) is 0 Å². The van der Waals surface area contributed by atoms with E-state index in [0.717, 1.165) is 4.90 Å². The topological polar surface area (TPSA) is 40.5 Å². The molecule has 0 radical (unpaired) electrons. The summed E-state index contributed by atoms with van der Waals surface area (Å²) in [6.45, 7) is 2.08. The lowest BCUT2D eigenvalue weighted by atomic mass is 10.3. The van der Waals surface area contributed by atoms with Gasteiger partial charge in [0.1, 0.15) is 0 Å². The third-order valence-corrected chi connectivity index (χ3v) is 2.29. The molecule has 5 heteroatoms. The number of carbonyl (C=O) groups is 1. The van der Waals surface area contributed by atoms with Crippen molar-refractivity contribution in [2.24, 2.45) is 0 Å². The van der Waals surface area contributed by atoms with Gasteiger partial charge in [-0.3, -0.25) is 4.90 Å². The van der Waals surface area contributed by atoms with Crippen LogP contribution in [0.25, 0.3) is 0 Å². The number of carboxylic acid groups (broad SMARTS) is 1. The summed E-state index contributed by atoms with van der Waals surface area (Å²) in [4.78, 5) is 12.0. The Hall–Kier alpha value is -0.930. The highest BCUT2D eigenvalue weighted by Crippen LogP contribution is 2.28. The van der Waals surface area contributed by atoms with E-state index in [9.17, 15) is 4.79 Å². The van der Waals surface area contributed by atoms with E-state index in [1.807, 2.05) is 0 Å². The van der Waals surface area contributed by atoms with Crippen molar-refractivity contribution in [2.75, 3.05) is 11.4 Å². The lowest BCUT2D eigenvalue weighted by Crippen LogP contribution is -2.28. The van der Waals surface area contributed by atoms with Crippen molar-refractivity contribution in [1.29, 1.82) is 0 Å². The molecule has 1 amide bonds. The third kappa shape index (κ3) is 2.30. The van der Waals surface area contributed by atoms with Crippen LogP contribution in [-0.2, 0) is 0 Å². The summed E-state index contributed by atoms with van der Waals surface area (Å²) < 4.78 is 0. The zero-order chi connectivity index (χ0) is 10.7. The van der Waals surface area contributed by atoms with Gasteiger partial charge >= 0.3 is 6.09 Å². The highest BCUT2D eigenvalue weighted by Gasteiger charge is 2.14. The first-order valence-corrected chi connectivity index (χ1v) is 4.77. The maximum atomic E-state index is 10.8.